The van der Waals surface area contributed by atoms with Crippen molar-refractivity contribution in [1.82, 2.24) is 5.32 Å². The summed E-state index contributed by atoms with van der Waals surface area (Å²) in [5, 5.41) is 13.3. The van der Waals surface area contributed by atoms with Gasteiger partial charge >= 0.3 is 0 Å². The number of nitrogens with one attached hydrogen (secondary N) is 1. The third-order valence-electron chi connectivity index (χ3n) is 2.93. The van der Waals surface area contributed by atoms with Crippen LogP contribution in [-0.2, 0) is 10.8 Å². The average Bonchev–Trinajstić information content (AvgIpc) is 2.23. The summed E-state index contributed by atoms with van der Waals surface area (Å²) in [5.74, 6) is 0.727. The lowest BCUT2D eigenvalue weighted by molar-refractivity contribution is 0.0303. The highest BCUT2D eigenvalue weighted by Crippen LogP contribution is 2.13. The molecule has 0 aliphatic heterocycles. The van der Waals surface area contributed by atoms with E-state index in [9.17, 15) is 9.32 Å². The molecule has 0 aromatic heterocycles. The second-order valence-corrected chi connectivity index (χ2v) is 5.83. The number of aliphatic hydroxyl groups is 1. The Labute approximate surface area is 96.1 Å². The van der Waals surface area contributed by atoms with E-state index in [1.165, 1.54) is 0 Å². The Bertz CT molecular complexity index is 193. The summed E-state index contributed by atoms with van der Waals surface area (Å²) in [5.41, 5.74) is -0.584. The Morgan fingerprint density at radius 2 is 1.93 bits per heavy atom. The number of hydrogen-bond acceptors (Lipinski definition) is 3. The van der Waals surface area contributed by atoms with Crippen LogP contribution in [0, 0.1) is 0 Å². The Balaban J connectivity index is 3.78. The molecule has 2 N–H and O–H groups in total. The lowest BCUT2D eigenvalue weighted by atomic mass is 9.97. The maximum absolute atomic E-state index is 10.9. The minimum atomic E-state index is -0.717. The van der Waals surface area contributed by atoms with Crippen LogP contribution in [0.3, 0.4) is 0 Å². The molecule has 3 nitrogen and oxygen atoms in total. The van der Waals surface area contributed by atoms with E-state index in [0.29, 0.717) is 12.6 Å². The van der Waals surface area contributed by atoms with E-state index in [4.69, 9.17) is 0 Å². The van der Waals surface area contributed by atoms with Crippen molar-refractivity contribution in [3.63, 3.8) is 0 Å². The van der Waals surface area contributed by atoms with Crippen LogP contribution in [0.5, 0.6) is 0 Å². The lowest BCUT2D eigenvalue weighted by Gasteiger charge is -2.27. The van der Waals surface area contributed by atoms with Crippen LogP contribution in [-0.4, -0.2) is 39.5 Å². The molecular formula is C11H25NO2S. The zero-order chi connectivity index (χ0) is 11.9. The van der Waals surface area contributed by atoms with E-state index < -0.39 is 16.4 Å². The zero-order valence-corrected chi connectivity index (χ0v) is 11.2. The minimum Gasteiger partial charge on any atom is -0.389 e. The van der Waals surface area contributed by atoms with Crippen LogP contribution in [0.4, 0.5) is 0 Å². The van der Waals surface area contributed by atoms with Gasteiger partial charge in [0.15, 0.2) is 0 Å². The molecule has 0 aliphatic rings. The molecule has 0 aliphatic carbocycles. The van der Waals surface area contributed by atoms with Gasteiger partial charge < -0.3 is 10.4 Å². The maximum atomic E-state index is 10.9. The van der Waals surface area contributed by atoms with Crippen molar-refractivity contribution in [2.45, 2.75) is 51.7 Å². The summed E-state index contributed by atoms with van der Waals surface area (Å²) in [4.78, 5) is 0. The lowest BCUT2D eigenvalue weighted by Crippen LogP contribution is -2.43. The van der Waals surface area contributed by atoms with Crippen molar-refractivity contribution in [3.05, 3.63) is 0 Å². The summed E-state index contributed by atoms with van der Waals surface area (Å²) >= 11 is 0. The predicted octanol–water partition coefficient (Wildman–Crippen LogP) is 1.28. The van der Waals surface area contributed by atoms with Gasteiger partial charge in [0.1, 0.15) is 0 Å². The molecule has 0 aromatic carbocycles. The van der Waals surface area contributed by atoms with Gasteiger partial charge in [-0.1, -0.05) is 13.8 Å². The molecular weight excluding hydrogens is 210 g/mol. The van der Waals surface area contributed by atoms with Gasteiger partial charge in [0.2, 0.25) is 0 Å². The van der Waals surface area contributed by atoms with Gasteiger partial charge in [0, 0.05) is 35.4 Å². The molecule has 0 spiro atoms. The van der Waals surface area contributed by atoms with E-state index in [-0.39, 0.29) is 0 Å². The van der Waals surface area contributed by atoms with Gasteiger partial charge in [-0.25, -0.2) is 0 Å². The molecule has 2 atom stereocenters. The minimum absolute atomic E-state index is 0.318. The largest absolute Gasteiger partial charge is 0.389 e. The molecule has 92 valence electrons. The number of rotatable bonds is 8. The van der Waals surface area contributed by atoms with Crippen molar-refractivity contribution in [2.24, 2.45) is 0 Å². The van der Waals surface area contributed by atoms with E-state index in [1.54, 1.807) is 6.26 Å². The molecule has 15 heavy (non-hydrogen) atoms. The number of hydrogen-bond donors (Lipinski definition) is 2. The molecule has 0 amide bonds. The molecule has 0 saturated heterocycles. The monoisotopic (exact) mass is 235 g/mol. The fourth-order valence-corrected chi connectivity index (χ4v) is 1.99. The van der Waals surface area contributed by atoms with Crippen LogP contribution in [0.2, 0.25) is 0 Å². The Morgan fingerprint density at radius 1 is 1.40 bits per heavy atom. The second kappa shape index (κ2) is 7.36. The van der Waals surface area contributed by atoms with Crippen molar-refractivity contribution >= 4 is 10.8 Å². The first-order valence-electron chi connectivity index (χ1n) is 5.69. The van der Waals surface area contributed by atoms with Gasteiger partial charge in [-0.2, -0.15) is 0 Å². The van der Waals surface area contributed by atoms with Crippen LogP contribution < -0.4 is 5.32 Å². The molecule has 0 heterocycles. The third-order valence-corrected chi connectivity index (χ3v) is 3.74. The van der Waals surface area contributed by atoms with Gasteiger partial charge in [-0.05, 0) is 26.2 Å². The summed E-state index contributed by atoms with van der Waals surface area (Å²) in [7, 11) is -0.717. The van der Waals surface area contributed by atoms with Crippen molar-refractivity contribution in [3.8, 4) is 0 Å². The highest BCUT2D eigenvalue weighted by Gasteiger charge is 2.22. The second-order valence-electron chi connectivity index (χ2n) is 4.28. The topological polar surface area (TPSA) is 49.3 Å². The smallest absolute Gasteiger partial charge is 0.0766 e. The van der Waals surface area contributed by atoms with Crippen LogP contribution >= 0.6 is 0 Å². The van der Waals surface area contributed by atoms with E-state index >= 15 is 0 Å². The average molecular weight is 235 g/mol. The first kappa shape index (κ1) is 15.1. The van der Waals surface area contributed by atoms with E-state index in [1.807, 2.05) is 13.8 Å². The third kappa shape index (κ3) is 7.03. The SMILES string of the molecule is CCC(O)(CC)CNC(C)CCS(C)=O. The van der Waals surface area contributed by atoms with E-state index in [0.717, 1.165) is 25.0 Å². The highest BCUT2D eigenvalue weighted by molar-refractivity contribution is 7.84. The first-order chi connectivity index (χ1) is 6.93. The quantitative estimate of drug-likeness (QED) is 0.666. The predicted molar refractivity (Wildman–Crippen MR) is 66.5 cm³/mol. The first-order valence-corrected chi connectivity index (χ1v) is 7.42. The summed E-state index contributed by atoms with van der Waals surface area (Å²) < 4.78 is 10.9. The normalized spacial score (nSPS) is 16.3. The Kier molecular flexibility index (Phi) is 7.40. The maximum Gasteiger partial charge on any atom is 0.0766 e. The molecule has 0 aromatic rings. The summed E-state index contributed by atoms with van der Waals surface area (Å²) in [6, 6.07) is 0.318. The summed E-state index contributed by atoms with van der Waals surface area (Å²) in [6.07, 6.45) is 4.15. The molecule has 4 heteroatoms. The van der Waals surface area contributed by atoms with Gasteiger partial charge in [0.05, 0.1) is 5.60 Å². The molecule has 2 unspecified atom stereocenters. The van der Waals surface area contributed by atoms with Crippen LogP contribution in [0.1, 0.15) is 40.0 Å². The molecule has 0 fully saturated rings. The van der Waals surface area contributed by atoms with Crippen molar-refractivity contribution in [2.75, 3.05) is 18.6 Å². The molecule has 0 radical (unpaired) electrons. The van der Waals surface area contributed by atoms with Crippen LogP contribution in [0.15, 0.2) is 0 Å². The van der Waals surface area contributed by atoms with Gasteiger partial charge in [-0.3, -0.25) is 4.21 Å². The van der Waals surface area contributed by atoms with Crippen LogP contribution in [0.25, 0.3) is 0 Å². The fraction of sp³-hybridized carbons (Fsp3) is 1.00. The van der Waals surface area contributed by atoms with E-state index in [2.05, 4.69) is 12.2 Å². The Hall–Kier alpha value is 0.0700. The molecule has 0 bridgehead atoms. The molecule has 0 rings (SSSR count). The van der Waals surface area contributed by atoms with Crippen molar-refractivity contribution < 1.29 is 9.32 Å². The Morgan fingerprint density at radius 3 is 2.33 bits per heavy atom. The standard InChI is InChI=1S/C11H25NO2S/c1-5-11(13,6-2)9-12-10(3)7-8-15(4)14/h10,12-13H,5-9H2,1-4H3. The zero-order valence-electron chi connectivity index (χ0n) is 10.4. The van der Waals surface area contributed by atoms with Gasteiger partial charge in [0.25, 0.3) is 0 Å². The summed E-state index contributed by atoms with van der Waals surface area (Å²) in [6.45, 7) is 6.68. The highest BCUT2D eigenvalue weighted by atomic mass is 32.2. The van der Waals surface area contributed by atoms with Gasteiger partial charge in [-0.15, -0.1) is 0 Å². The van der Waals surface area contributed by atoms with Crippen molar-refractivity contribution in [1.29, 1.82) is 0 Å². The molecule has 0 saturated carbocycles. The fourth-order valence-electron chi connectivity index (χ4n) is 1.31.